The summed E-state index contributed by atoms with van der Waals surface area (Å²) in [6, 6.07) is 7.56. The minimum atomic E-state index is -0.345. The summed E-state index contributed by atoms with van der Waals surface area (Å²) in [5.41, 5.74) is 2.91. The van der Waals surface area contributed by atoms with Gasteiger partial charge < -0.3 is 5.32 Å². The third-order valence-corrected chi connectivity index (χ3v) is 2.95. The van der Waals surface area contributed by atoms with Crippen LogP contribution in [0.15, 0.2) is 36.7 Å². The molecule has 0 bridgehead atoms. The van der Waals surface area contributed by atoms with E-state index < -0.39 is 0 Å². The third-order valence-electron chi connectivity index (χ3n) is 2.95. The standard InChI is InChI=1S/C14H13N5O/c1-9-4-5-11(10(2)8-9)16-13(20)12-17-14-15-6-3-7-19(14)18-12/h3-8H,1-2H3,(H,16,20). The van der Waals surface area contributed by atoms with E-state index in [1.165, 1.54) is 4.52 Å². The molecule has 3 rings (SSSR count). The fraction of sp³-hybridized carbons (Fsp3) is 0.143. The highest BCUT2D eigenvalue weighted by atomic mass is 16.2. The van der Waals surface area contributed by atoms with Crippen molar-refractivity contribution in [2.45, 2.75) is 13.8 Å². The zero-order valence-corrected chi connectivity index (χ0v) is 11.2. The number of rotatable bonds is 2. The Morgan fingerprint density at radius 2 is 2.15 bits per heavy atom. The molecule has 2 heterocycles. The first-order chi connectivity index (χ1) is 9.63. The van der Waals surface area contributed by atoms with Gasteiger partial charge in [-0.1, -0.05) is 17.7 Å². The van der Waals surface area contributed by atoms with Gasteiger partial charge in [0, 0.05) is 18.1 Å². The van der Waals surface area contributed by atoms with E-state index in [2.05, 4.69) is 20.4 Å². The fourth-order valence-electron chi connectivity index (χ4n) is 1.96. The quantitative estimate of drug-likeness (QED) is 0.770. The summed E-state index contributed by atoms with van der Waals surface area (Å²) in [5, 5.41) is 6.90. The summed E-state index contributed by atoms with van der Waals surface area (Å²) < 4.78 is 1.47. The molecule has 20 heavy (non-hydrogen) atoms. The molecule has 0 atom stereocenters. The van der Waals surface area contributed by atoms with Crippen molar-refractivity contribution >= 4 is 17.4 Å². The predicted octanol–water partition coefficient (Wildman–Crippen LogP) is 1.99. The second-order valence-corrected chi connectivity index (χ2v) is 4.57. The number of nitrogens with zero attached hydrogens (tertiary/aromatic N) is 4. The van der Waals surface area contributed by atoms with Crippen LogP contribution in [0.5, 0.6) is 0 Å². The Bertz CT molecular complexity index is 760. The fourth-order valence-corrected chi connectivity index (χ4v) is 1.96. The van der Waals surface area contributed by atoms with Crippen LogP contribution < -0.4 is 5.32 Å². The lowest BCUT2D eigenvalue weighted by Gasteiger charge is -2.07. The summed E-state index contributed by atoms with van der Waals surface area (Å²) in [4.78, 5) is 20.3. The molecule has 1 aromatic carbocycles. The maximum Gasteiger partial charge on any atom is 0.295 e. The van der Waals surface area contributed by atoms with Gasteiger partial charge in [-0.05, 0) is 31.5 Å². The van der Waals surface area contributed by atoms with Gasteiger partial charge in [0.2, 0.25) is 5.82 Å². The number of aryl methyl sites for hydroxylation is 2. The van der Waals surface area contributed by atoms with Crippen LogP contribution in [0.1, 0.15) is 21.7 Å². The van der Waals surface area contributed by atoms with Crippen molar-refractivity contribution in [1.29, 1.82) is 0 Å². The lowest BCUT2D eigenvalue weighted by atomic mass is 10.1. The number of carbonyl (C=O) groups excluding carboxylic acids is 1. The van der Waals surface area contributed by atoms with E-state index >= 15 is 0 Å². The van der Waals surface area contributed by atoms with Crippen LogP contribution in [0, 0.1) is 13.8 Å². The second-order valence-electron chi connectivity index (χ2n) is 4.57. The molecule has 3 aromatic rings. The minimum Gasteiger partial charge on any atom is -0.319 e. The molecule has 0 saturated carbocycles. The van der Waals surface area contributed by atoms with E-state index in [4.69, 9.17) is 0 Å². The van der Waals surface area contributed by atoms with Crippen LogP contribution in [-0.4, -0.2) is 25.5 Å². The summed E-state index contributed by atoms with van der Waals surface area (Å²) >= 11 is 0. The lowest BCUT2D eigenvalue weighted by Crippen LogP contribution is -2.14. The van der Waals surface area contributed by atoms with E-state index in [1.54, 1.807) is 18.5 Å². The normalized spacial score (nSPS) is 10.7. The average Bonchev–Trinajstić information content (AvgIpc) is 2.86. The Kier molecular flexibility index (Phi) is 2.90. The molecule has 1 amide bonds. The van der Waals surface area contributed by atoms with Gasteiger partial charge in [-0.25, -0.2) is 9.50 Å². The minimum absolute atomic E-state index is 0.101. The number of hydrogen-bond donors (Lipinski definition) is 1. The van der Waals surface area contributed by atoms with Gasteiger partial charge in [0.25, 0.3) is 11.7 Å². The SMILES string of the molecule is Cc1ccc(NC(=O)c2nc3ncccn3n2)c(C)c1. The van der Waals surface area contributed by atoms with Gasteiger partial charge in [0.15, 0.2) is 0 Å². The third kappa shape index (κ3) is 2.23. The number of aromatic nitrogens is 4. The van der Waals surface area contributed by atoms with Gasteiger partial charge >= 0.3 is 0 Å². The first kappa shape index (κ1) is 12.3. The summed E-state index contributed by atoms with van der Waals surface area (Å²) in [5.74, 6) is 0.157. The van der Waals surface area contributed by atoms with Crippen LogP contribution in [-0.2, 0) is 0 Å². The molecule has 0 fully saturated rings. The Labute approximate surface area is 115 Å². The van der Waals surface area contributed by atoms with Crippen LogP contribution in [0.3, 0.4) is 0 Å². The highest BCUT2D eigenvalue weighted by Gasteiger charge is 2.14. The number of nitrogens with one attached hydrogen (secondary N) is 1. The number of anilines is 1. The number of hydrogen-bond acceptors (Lipinski definition) is 4. The topological polar surface area (TPSA) is 72.2 Å². The Balaban J connectivity index is 1.89. The molecular formula is C14H13N5O. The first-order valence-electron chi connectivity index (χ1n) is 6.19. The van der Waals surface area contributed by atoms with E-state index in [-0.39, 0.29) is 11.7 Å². The molecule has 2 aromatic heterocycles. The molecule has 6 nitrogen and oxygen atoms in total. The first-order valence-corrected chi connectivity index (χ1v) is 6.19. The van der Waals surface area contributed by atoms with Crippen molar-refractivity contribution in [3.05, 3.63) is 53.6 Å². The van der Waals surface area contributed by atoms with Crippen molar-refractivity contribution in [2.75, 3.05) is 5.32 Å². The van der Waals surface area contributed by atoms with E-state index in [0.717, 1.165) is 16.8 Å². The molecule has 0 unspecified atom stereocenters. The summed E-state index contributed by atoms with van der Waals surface area (Å²) in [7, 11) is 0. The largest absolute Gasteiger partial charge is 0.319 e. The van der Waals surface area contributed by atoms with Crippen LogP contribution in [0.2, 0.25) is 0 Å². The Morgan fingerprint density at radius 1 is 1.30 bits per heavy atom. The molecule has 0 aliphatic rings. The van der Waals surface area contributed by atoms with Gasteiger partial charge in [-0.3, -0.25) is 4.79 Å². The maximum absolute atomic E-state index is 12.1. The van der Waals surface area contributed by atoms with Crippen molar-refractivity contribution in [3.8, 4) is 0 Å². The van der Waals surface area contributed by atoms with Gasteiger partial charge in [-0.15, -0.1) is 5.10 Å². The van der Waals surface area contributed by atoms with E-state index in [9.17, 15) is 4.79 Å². The molecule has 0 saturated heterocycles. The van der Waals surface area contributed by atoms with Gasteiger partial charge in [-0.2, -0.15) is 4.98 Å². The van der Waals surface area contributed by atoms with Crippen LogP contribution >= 0.6 is 0 Å². The number of fused-ring (bicyclic) bond motifs is 1. The van der Waals surface area contributed by atoms with Crippen molar-refractivity contribution < 1.29 is 4.79 Å². The zero-order valence-electron chi connectivity index (χ0n) is 11.2. The van der Waals surface area contributed by atoms with E-state index in [1.807, 2.05) is 32.0 Å². The molecule has 0 spiro atoms. The second kappa shape index (κ2) is 4.73. The Morgan fingerprint density at radius 3 is 2.90 bits per heavy atom. The molecule has 100 valence electrons. The van der Waals surface area contributed by atoms with Crippen molar-refractivity contribution in [1.82, 2.24) is 19.6 Å². The molecule has 1 N–H and O–H groups in total. The molecular weight excluding hydrogens is 254 g/mol. The van der Waals surface area contributed by atoms with E-state index in [0.29, 0.717) is 5.78 Å². The highest BCUT2D eigenvalue weighted by molar-refractivity contribution is 6.02. The van der Waals surface area contributed by atoms with Crippen LogP contribution in [0.4, 0.5) is 5.69 Å². The molecule has 0 radical (unpaired) electrons. The lowest BCUT2D eigenvalue weighted by molar-refractivity contribution is 0.101. The van der Waals surface area contributed by atoms with Gasteiger partial charge in [0.05, 0.1) is 0 Å². The highest BCUT2D eigenvalue weighted by Crippen LogP contribution is 2.16. The number of carbonyl (C=O) groups is 1. The zero-order chi connectivity index (χ0) is 14.1. The molecule has 0 aliphatic heterocycles. The number of benzene rings is 1. The average molecular weight is 267 g/mol. The predicted molar refractivity (Wildman–Crippen MR) is 74.7 cm³/mol. The van der Waals surface area contributed by atoms with Gasteiger partial charge in [0.1, 0.15) is 0 Å². The monoisotopic (exact) mass is 267 g/mol. The summed E-state index contributed by atoms with van der Waals surface area (Å²) in [6.45, 7) is 3.95. The smallest absolute Gasteiger partial charge is 0.295 e. The summed E-state index contributed by atoms with van der Waals surface area (Å²) in [6.07, 6.45) is 3.30. The van der Waals surface area contributed by atoms with Crippen molar-refractivity contribution in [3.63, 3.8) is 0 Å². The van der Waals surface area contributed by atoms with Crippen LogP contribution in [0.25, 0.3) is 5.78 Å². The number of amides is 1. The Hall–Kier alpha value is -2.76. The van der Waals surface area contributed by atoms with Crippen molar-refractivity contribution in [2.24, 2.45) is 0 Å². The molecule has 0 aliphatic carbocycles. The molecule has 6 heteroatoms. The maximum atomic E-state index is 12.1.